The molecular formula is C24H18Cl2N6O2. The van der Waals surface area contributed by atoms with Gasteiger partial charge in [-0.05, 0) is 29.8 Å². The van der Waals surface area contributed by atoms with Crippen LogP contribution in [0.4, 0.5) is 0 Å². The summed E-state index contributed by atoms with van der Waals surface area (Å²) >= 11 is 12.3. The molecule has 0 saturated heterocycles. The first kappa shape index (κ1) is 20.9. The summed E-state index contributed by atoms with van der Waals surface area (Å²) in [7, 11) is 1.64. The van der Waals surface area contributed by atoms with Crippen molar-refractivity contribution in [3.63, 3.8) is 0 Å². The van der Waals surface area contributed by atoms with Crippen molar-refractivity contribution < 1.29 is 9.47 Å². The zero-order valence-electron chi connectivity index (χ0n) is 18.0. The van der Waals surface area contributed by atoms with Gasteiger partial charge in [-0.15, -0.1) is 5.10 Å². The van der Waals surface area contributed by atoms with Crippen molar-refractivity contribution in [3.8, 4) is 17.1 Å². The molecule has 4 heterocycles. The third-order valence-electron chi connectivity index (χ3n) is 5.84. The number of fused-ring (bicyclic) bond motifs is 5. The van der Waals surface area contributed by atoms with Crippen LogP contribution in [-0.4, -0.2) is 50.2 Å². The normalized spacial score (nSPS) is 16.4. The maximum Gasteiger partial charge on any atom is 0.238 e. The van der Waals surface area contributed by atoms with Gasteiger partial charge in [0.05, 0.1) is 36.1 Å². The summed E-state index contributed by atoms with van der Waals surface area (Å²) in [6, 6.07) is 11.1. The molecule has 0 fully saturated rings. The lowest BCUT2D eigenvalue weighted by atomic mass is 10.2. The standard InChI is InChI=1S/C24H18Cl2N6O2/c1-33-18-6-7-20-21(10-18)32-17(11-28-30-32)9-22-23(27-13-31(20)22)24-29-16(12-34-24)5-3-14-2-4-15(25)8-19(14)26/h2-8,10-11,13,16H,9,12H2,1H3. The lowest BCUT2D eigenvalue weighted by Crippen LogP contribution is -2.08. The van der Waals surface area contributed by atoms with Gasteiger partial charge in [-0.3, -0.25) is 4.57 Å². The van der Waals surface area contributed by atoms with Crippen molar-refractivity contribution in [2.24, 2.45) is 4.99 Å². The minimum atomic E-state index is -0.145. The van der Waals surface area contributed by atoms with Crippen LogP contribution in [-0.2, 0) is 11.2 Å². The van der Waals surface area contributed by atoms with Gasteiger partial charge in [0, 0.05) is 22.5 Å². The SMILES string of the molecule is COc1ccc2c(c1)-n1nncc1Cc1c(C3=NC(C=Cc4ccc(Cl)cc4Cl)CO3)ncn1-2. The molecule has 2 aliphatic rings. The summed E-state index contributed by atoms with van der Waals surface area (Å²) in [6.07, 6.45) is 8.02. The number of methoxy groups -OCH3 is 1. The lowest BCUT2D eigenvalue weighted by molar-refractivity contribution is 0.331. The van der Waals surface area contributed by atoms with Crippen LogP contribution in [0.1, 0.15) is 22.6 Å². The molecule has 2 aromatic heterocycles. The predicted octanol–water partition coefficient (Wildman–Crippen LogP) is 4.53. The first-order valence-corrected chi connectivity index (χ1v) is 11.3. The molecule has 34 heavy (non-hydrogen) atoms. The predicted molar refractivity (Wildman–Crippen MR) is 130 cm³/mol. The number of ether oxygens (including phenoxy) is 2. The van der Waals surface area contributed by atoms with Crippen molar-refractivity contribution >= 4 is 35.2 Å². The minimum Gasteiger partial charge on any atom is -0.497 e. The van der Waals surface area contributed by atoms with Gasteiger partial charge in [-0.1, -0.05) is 46.6 Å². The molecular weight excluding hydrogens is 475 g/mol. The first-order valence-electron chi connectivity index (χ1n) is 10.6. The molecule has 0 aliphatic carbocycles. The van der Waals surface area contributed by atoms with E-state index >= 15 is 0 Å². The van der Waals surface area contributed by atoms with Gasteiger partial charge in [-0.25, -0.2) is 14.7 Å². The molecule has 0 N–H and O–H groups in total. The quantitative estimate of drug-likeness (QED) is 0.368. The Kier molecular flexibility index (Phi) is 5.12. The molecule has 1 unspecified atom stereocenters. The topological polar surface area (TPSA) is 79.3 Å². The van der Waals surface area contributed by atoms with E-state index in [-0.39, 0.29) is 6.04 Å². The number of aromatic nitrogens is 5. The van der Waals surface area contributed by atoms with E-state index in [9.17, 15) is 0 Å². The van der Waals surface area contributed by atoms with Gasteiger partial charge < -0.3 is 9.47 Å². The van der Waals surface area contributed by atoms with Crippen molar-refractivity contribution in [1.29, 1.82) is 0 Å². The number of hydrogen-bond donors (Lipinski definition) is 0. The third kappa shape index (κ3) is 3.55. The number of nitrogens with zero attached hydrogens (tertiary/aromatic N) is 6. The van der Waals surface area contributed by atoms with Gasteiger partial charge in [0.1, 0.15) is 30.4 Å². The maximum atomic E-state index is 6.28. The second kappa shape index (κ2) is 8.30. The average Bonchev–Trinajstić information content (AvgIpc) is 3.57. The van der Waals surface area contributed by atoms with Gasteiger partial charge in [0.25, 0.3) is 0 Å². The van der Waals surface area contributed by atoms with Crippen LogP contribution in [0, 0.1) is 0 Å². The average molecular weight is 493 g/mol. The number of aliphatic imine (C=N–C) groups is 1. The highest BCUT2D eigenvalue weighted by molar-refractivity contribution is 6.35. The van der Waals surface area contributed by atoms with Crippen molar-refractivity contribution in [2.75, 3.05) is 13.7 Å². The zero-order chi connectivity index (χ0) is 23.2. The van der Waals surface area contributed by atoms with Crippen LogP contribution in [0.3, 0.4) is 0 Å². The molecule has 0 spiro atoms. The van der Waals surface area contributed by atoms with Gasteiger partial charge in [0.15, 0.2) is 0 Å². The zero-order valence-corrected chi connectivity index (χ0v) is 19.5. The molecule has 0 saturated carbocycles. The van der Waals surface area contributed by atoms with E-state index in [1.165, 1.54) is 0 Å². The van der Waals surface area contributed by atoms with E-state index in [0.717, 1.165) is 34.1 Å². The molecule has 1 atom stereocenters. The third-order valence-corrected chi connectivity index (χ3v) is 6.40. The molecule has 8 nitrogen and oxygen atoms in total. The number of rotatable bonds is 4. The van der Waals surface area contributed by atoms with Crippen molar-refractivity contribution in [3.05, 3.63) is 87.7 Å². The largest absolute Gasteiger partial charge is 0.497 e. The molecule has 2 aromatic carbocycles. The molecule has 10 heteroatoms. The van der Waals surface area contributed by atoms with E-state index in [1.54, 1.807) is 31.8 Å². The van der Waals surface area contributed by atoms with Gasteiger partial charge >= 0.3 is 0 Å². The molecule has 0 amide bonds. The van der Waals surface area contributed by atoms with Crippen LogP contribution in [0.25, 0.3) is 17.5 Å². The Morgan fingerprint density at radius 2 is 2.06 bits per heavy atom. The second-order valence-electron chi connectivity index (χ2n) is 7.92. The highest BCUT2D eigenvalue weighted by Gasteiger charge is 2.28. The molecule has 0 bridgehead atoms. The number of benzene rings is 2. The van der Waals surface area contributed by atoms with E-state index in [1.807, 2.05) is 45.7 Å². The highest BCUT2D eigenvalue weighted by atomic mass is 35.5. The Bertz CT molecular complexity index is 1470. The fourth-order valence-electron chi connectivity index (χ4n) is 4.15. The Labute approximate surface area is 205 Å². The smallest absolute Gasteiger partial charge is 0.238 e. The summed E-state index contributed by atoms with van der Waals surface area (Å²) in [5.41, 5.74) is 5.25. The number of hydrogen-bond acceptors (Lipinski definition) is 6. The summed E-state index contributed by atoms with van der Waals surface area (Å²) in [4.78, 5) is 9.43. The summed E-state index contributed by atoms with van der Waals surface area (Å²) in [5, 5.41) is 9.59. The van der Waals surface area contributed by atoms with Crippen molar-refractivity contribution in [2.45, 2.75) is 12.5 Å². The molecule has 6 rings (SSSR count). The summed E-state index contributed by atoms with van der Waals surface area (Å²) < 4.78 is 15.2. The molecule has 4 aromatic rings. The second-order valence-corrected chi connectivity index (χ2v) is 8.76. The number of imidazole rings is 1. The number of halogens is 2. The van der Waals surface area contributed by atoms with E-state index in [0.29, 0.717) is 34.7 Å². The Hall–Kier alpha value is -3.62. The monoisotopic (exact) mass is 492 g/mol. The van der Waals surface area contributed by atoms with Crippen molar-refractivity contribution in [1.82, 2.24) is 24.5 Å². The fourth-order valence-corrected chi connectivity index (χ4v) is 4.62. The van der Waals surface area contributed by atoms with Crippen LogP contribution in [0.2, 0.25) is 10.0 Å². The van der Waals surface area contributed by atoms with Gasteiger partial charge in [-0.2, -0.15) is 0 Å². The lowest BCUT2D eigenvalue weighted by Gasteiger charge is -2.11. The molecule has 170 valence electrons. The van der Waals surface area contributed by atoms with Crippen LogP contribution in [0.15, 0.2) is 60.0 Å². The van der Waals surface area contributed by atoms with Crippen LogP contribution >= 0.6 is 23.2 Å². The maximum absolute atomic E-state index is 6.28. The Morgan fingerprint density at radius 3 is 2.91 bits per heavy atom. The van der Waals surface area contributed by atoms with E-state index < -0.39 is 0 Å². The highest BCUT2D eigenvalue weighted by Crippen LogP contribution is 2.32. The summed E-state index contributed by atoms with van der Waals surface area (Å²) in [6.45, 7) is 0.427. The fraction of sp³-hybridized carbons (Fsp3) is 0.167. The Morgan fingerprint density at radius 1 is 1.15 bits per heavy atom. The Balaban J connectivity index is 1.36. The minimum absolute atomic E-state index is 0.145. The van der Waals surface area contributed by atoms with Gasteiger partial charge in [0.2, 0.25) is 5.90 Å². The van der Waals surface area contributed by atoms with E-state index in [2.05, 4.69) is 15.3 Å². The molecule has 2 aliphatic heterocycles. The summed E-state index contributed by atoms with van der Waals surface area (Å²) in [5.74, 6) is 1.25. The van der Waals surface area contributed by atoms with Crippen LogP contribution < -0.4 is 4.74 Å². The van der Waals surface area contributed by atoms with Crippen LogP contribution in [0.5, 0.6) is 5.75 Å². The molecule has 0 radical (unpaired) electrons. The van der Waals surface area contributed by atoms with E-state index in [4.69, 9.17) is 37.7 Å². The first-order chi connectivity index (χ1) is 16.6.